The van der Waals surface area contributed by atoms with E-state index in [0.29, 0.717) is 6.61 Å². The molecule has 0 atom stereocenters. The minimum atomic E-state index is 0.655. The fourth-order valence-corrected chi connectivity index (χ4v) is 2.28. The maximum absolute atomic E-state index is 6.31. The molecule has 0 aromatic heterocycles. The Morgan fingerprint density at radius 2 is 1.95 bits per heavy atom. The molecule has 2 rings (SSSR count). The summed E-state index contributed by atoms with van der Waals surface area (Å²) >= 11 is 6.31. The van der Waals surface area contributed by atoms with Gasteiger partial charge in [0.15, 0.2) is 0 Å². The van der Waals surface area contributed by atoms with Crippen LogP contribution in [-0.4, -0.2) is 13.7 Å². The summed E-state index contributed by atoms with van der Waals surface area (Å²) in [5.74, 6) is 0.891. The third-order valence-electron chi connectivity index (χ3n) is 2.92. The van der Waals surface area contributed by atoms with Crippen molar-refractivity contribution in [2.75, 3.05) is 13.7 Å². The van der Waals surface area contributed by atoms with Gasteiger partial charge in [0.1, 0.15) is 5.75 Å². The molecule has 0 aliphatic rings. The number of hydrogen-bond acceptors (Lipinski definition) is 2. The molecule has 1 N–H and O–H groups in total. The first-order chi connectivity index (χ1) is 9.26. The second kappa shape index (κ2) is 6.60. The molecule has 0 saturated carbocycles. The standard InChI is InChI=1S/C16H18ClNO/c1-3-19-16-7-5-4-6-14(16)12-8-9-13(11-18-2)15(17)10-12/h4-10,18H,3,11H2,1-2H3. The lowest BCUT2D eigenvalue weighted by Crippen LogP contribution is -2.05. The SMILES string of the molecule is CCOc1ccccc1-c1ccc(CNC)c(Cl)c1. The van der Waals surface area contributed by atoms with Gasteiger partial charge in [-0.25, -0.2) is 0 Å². The fraction of sp³-hybridized carbons (Fsp3) is 0.250. The minimum absolute atomic E-state index is 0.655. The molecule has 2 nitrogen and oxygen atoms in total. The molecular weight excluding hydrogens is 258 g/mol. The van der Waals surface area contributed by atoms with Gasteiger partial charge in [0.05, 0.1) is 6.61 Å². The second-order valence-electron chi connectivity index (χ2n) is 4.27. The number of hydrogen-bond donors (Lipinski definition) is 1. The van der Waals surface area contributed by atoms with Crippen molar-refractivity contribution in [3.05, 3.63) is 53.1 Å². The second-order valence-corrected chi connectivity index (χ2v) is 4.67. The molecule has 0 saturated heterocycles. The summed E-state index contributed by atoms with van der Waals surface area (Å²) in [6.45, 7) is 3.41. The summed E-state index contributed by atoms with van der Waals surface area (Å²) in [5, 5.41) is 3.88. The largest absolute Gasteiger partial charge is 0.493 e. The van der Waals surface area contributed by atoms with Crippen LogP contribution in [0.3, 0.4) is 0 Å². The van der Waals surface area contributed by atoms with Crippen LogP contribution in [0.1, 0.15) is 12.5 Å². The summed E-state index contributed by atoms with van der Waals surface area (Å²) in [5.41, 5.74) is 3.25. The van der Waals surface area contributed by atoms with Crippen molar-refractivity contribution in [3.63, 3.8) is 0 Å². The maximum Gasteiger partial charge on any atom is 0.127 e. The molecular formula is C16H18ClNO. The number of benzene rings is 2. The molecule has 100 valence electrons. The van der Waals surface area contributed by atoms with E-state index < -0.39 is 0 Å². The molecule has 3 heteroatoms. The van der Waals surface area contributed by atoms with Crippen LogP contribution in [0.4, 0.5) is 0 Å². The van der Waals surface area contributed by atoms with Crippen LogP contribution in [0.25, 0.3) is 11.1 Å². The number of rotatable bonds is 5. The Bertz CT molecular complexity index is 554. The zero-order chi connectivity index (χ0) is 13.7. The average Bonchev–Trinajstić information content (AvgIpc) is 2.42. The van der Waals surface area contributed by atoms with Gasteiger partial charge in [0.2, 0.25) is 0 Å². The molecule has 2 aromatic carbocycles. The predicted molar refractivity (Wildman–Crippen MR) is 80.8 cm³/mol. The van der Waals surface area contributed by atoms with Crippen LogP contribution >= 0.6 is 11.6 Å². The van der Waals surface area contributed by atoms with Gasteiger partial charge in [-0.2, -0.15) is 0 Å². The van der Waals surface area contributed by atoms with E-state index in [9.17, 15) is 0 Å². The molecule has 0 bridgehead atoms. The van der Waals surface area contributed by atoms with Crippen LogP contribution in [-0.2, 0) is 6.54 Å². The maximum atomic E-state index is 6.31. The van der Waals surface area contributed by atoms with Gasteiger partial charge in [-0.05, 0) is 37.2 Å². The van der Waals surface area contributed by atoms with Gasteiger partial charge in [-0.1, -0.05) is 41.9 Å². The Labute approximate surface area is 119 Å². The molecule has 19 heavy (non-hydrogen) atoms. The quantitative estimate of drug-likeness (QED) is 0.886. The molecule has 0 amide bonds. The highest BCUT2D eigenvalue weighted by atomic mass is 35.5. The molecule has 2 aromatic rings. The predicted octanol–water partition coefficient (Wildman–Crippen LogP) is 4.13. The van der Waals surface area contributed by atoms with Gasteiger partial charge in [0.25, 0.3) is 0 Å². The van der Waals surface area contributed by atoms with Crippen LogP contribution in [0.15, 0.2) is 42.5 Å². The van der Waals surface area contributed by atoms with E-state index in [1.54, 1.807) is 0 Å². The van der Waals surface area contributed by atoms with Crippen molar-refractivity contribution in [2.24, 2.45) is 0 Å². The summed E-state index contributed by atoms with van der Waals surface area (Å²) in [7, 11) is 1.91. The highest BCUT2D eigenvalue weighted by molar-refractivity contribution is 6.31. The van der Waals surface area contributed by atoms with Gasteiger partial charge in [-0.3, -0.25) is 0 Å². The van der Waals surface area contributed by atoms with E-state index in [0.717, 1.165) is 34.0 Å². The first-order valence-electron chi connectivity index (χ1n) is 6.41. The minimum Gasteiger partial charge on any atom is -0.493 e. The van der Waals surface area contributed by atoms with Crippen molar-refractivity contribution in [3.8, 4) is 16.9 Å². The Balaban J connectivity index is 2.39. The van der Waals surface area contributed by atoms with Crippen molar-refractivity contribution in [1.82, 2.24) is 5.32 Å². The van der Waals surface area contributed by atoms with E-state index >= 15 is 0 Å². The third-order valence-corrected chi connectivity index (χ3v) is 3.27. The van der Waals surface area contributed by atoms with Gasteiger partial charge >= 0.3 is 0 Å². The van der Waals surface area contributed by atoms with E-state index in [1.165, 1.54) is 0 Å². The first kappa shape index (κ1) is 13.9. The lowest BCUT2D eigenvalue weighted by Gasteiger charge is -2.11. The smallest absolute Gasteiger partial charge is 0.127 e. The highest BCUT2D eigenvalue weighted by Gasteiger charge is 2.07. The Hall–Kier alpha value is -1.51. The third kappa shape index (κ3) is 3.28. The lowest BCUT2D eigenvalue weighted by molar-refractivity contribution is 0.341. The van der Waals surface area contributed by atoms with E-state index in [4.69, 9.17) is 16.3 Å². The molecule has 0 unspecified atom stereocenters. The van der Waals surface area contributed by atoms with Gasteiger partial charge in [-0.15, -0.1) is 0 Å². The fourth-order valence-electron chi connectivity index (χ4n) is 2.04. The van der Waals surface area contributed by atoms with Crippen LogP contribution in [0.5, 0.6) is 5.75 Å². The Morgan fingerprint density at radius 3 is 2.63 bits per heavy atom. The summed E-state index contributed by atoms with van der Waals surface area (Å²) < 4.78 is 5.65. The lowest BCUT2D eigenvalue weighted by atomic mass is 10.0. The van der Waals surface area contributed by atoms with Crippen molar-refractivity contribution in [1.29, 1.82) is 0 Å². The van der Waals surface area contributed by atoms with E-state index in [2.05, 4.69) is 17.4 Å². The van der Waals surface area contributed by atoms with E-state index in [-0.39, 0.29) is 0 Å². The summed E-state index contributed by atoms with van der Waals surface area (Å²) in [6, 6.07) is 14.1. The summed E-state index contributed by atoms with van der Waals surface area (Å²) in [4.78, 5) is 0. The summed E-state index contributed by atoms with van der Waals surface area (Å²) in [6.07, 6.45) is 0. The number of para-hydroxylation sites is 1. The van der Waals surface area contributed by atoms with Crippen molar-refractivity contribution < 1.29 is 4.74 Å². The van der Waals surface area contributed by atoms with Crippen molar-refractivity contribution >= 4 is 11.6 Å². The topological polar surface area (TPSA) is 21.3 Å². The van der Waals surface area contributed by atoms with Gasteiger partial charge < -0.3 is 10.1 Å². The molecule has 0 aliphatic heterocycles. The van der Waals surface area contributed by atoms with Crippen LogP contribution in [0, 0.1) is 0 Å². The number of halogens is 1. The molecule has 0 heterocycles. The Morgan fingerprint density at radius 1 is 1.16 bits per heavy atom. The highest BCUT2D eigenvalue weighted by Crippen LogP contribution is 2.32. The molecule has 0 radical (unpaired) electrons. The van der Waals surface area contributed by atoms with Crippen LogP contribution < -0.4 is 10.1 Å². The Kier molecular flexibility index (Phi) is 4.83. The average molecular weight is 276 g/mol. The van der Waals surface area contributed by atoms with Crippen LogP contribution in [0.2, 0.25) is 5.02 Å². The molecule has 0 aliphatic carbocycles. The van der Waals surface area contributed by atoms with Gasteiger partial charge in [0, 0.05) is 17.1 Å². The van der Waals surface area contributed by atoms with E-state index in [1.807, 2.05) is 44.3 Å². The molecule has 0 fully saturated rings. The number of nitrogens with one attached hydrogen (secondary N) is 1. The normalized spacial score (nSPS) is 10.5. The zero-order valence-corrected chi connectivity index (χ0v) is 12.0. The zero-order valence-electron chi connectivity index (χ0n) is 11.2. The monoisotopic (exact) mass is 275 g/mol. The number of ether oxygens (including phenoxy) is 1. The van der Waals surface area contributed by atoms with Crippen molar-refractivity contribution in [2.45, 2.75) is 13.5 Å². The molecule has 0 spiro atoms. The first-order valence-corrected chi connectivity index (χ1v) is 6.79.